The summed E-state index contributed by atoms with van der Waals surface area (Å²) < 4.78 is 10.6. The molecule has 0 atom stereocenters. The van der Waals surface area contributed by atoms with Crippen molar-refractivity contribution in [2.24, 2.45) is 0 Å². The standard InChI is InChI=1S/C20H21ClN2O4/c1-26-15-6-8-18(27-2)13(10-15)12-22-20(25)16-7-5-14(21)11-17(16)23-9-3-4-19(23)24/h5-8,10-11H,3-4,9,12H2,1-2H3,(H,22,25). The summed E-state index contributed by atoms with van der Waals surface area (Å²) in [6.07, 6.45) is 1.25. The van der Waals surface area contributed by atoms with Crippen LogP contribution in [0.3, 0.4) is 0 Å². The third-order valence-corrected chi connectivity index (χ3v) is 4.73. The average molecular weight is 389 g/mol. The fourth-order valence-corrected chi connectivity index (χ4v) is 3.28. The number of ether oxygens (including phenoxy) is 2. The molecule has 0 spiro atoms. The Bertz CT molecular complexity index is 869. The lowest BCUT2D eigenvalue weighted by Crippen LogP contribution is -2.29. The first kappa shape index (κ1) is 19.0. The second kappa shape index (κ2) is 8.31. The maximum absolute atomic E-state index is 12.8. The Morgan fingerprint density at radius 3 is 2.67 bits per heavy atom. The molecule has 0 saturated carbocycles. The lowest BCUT2D eigenvalue weighted by atomic mass is 10.1. The maximum Gasteiger partial charge on any atom is 0.253 e. The van der Waals surface area contributed by atoms with Crippen molar-refractivity contribution < 1.29 is 19.1 Å². The molecule has 1 heterocycles. The SMILES string of the molecule is COc1ccc(OC)c(CNC(=O)c2ccc(Cl)cc2N2CCCC2=O)c1. The summed E-state index contributed by atoms with van der Waals surface area (Å²) in [6, 6.07) is 10.3. The summed E-state index contributed by atoms with van der Waals surface area (Å²) in [6.45, 7) is 0.846. The van der Waals surface area contributed by atoms with E-state index >= 15 is 0 Å². The van der Waals surface area contributed by atoms with Crippen molar-refractivity contribution in [2.75, 3.05) is 25.7 Å². The molecule has 1 N–H and O–H groups in total. The topological polar surface area (TPSA) is 67.9 Å². The van der Waals surface area contributed by atoms with Crippen LogP contribution in [0.1, 0.15) is 28.8 Å². The summed E-state index contributed by atoms with van der Waals surface area (Å²) in [4.78, 5) is 26.5. The Kier molecular flexibility index (Phi) is 5.86. The first-order chi connectivity index (χ1) is 13.0. The second-order valence-electron chi connectivity index (χ2n) is 6.17. The number of hydrogen-bond acceptors (Lipinski definition) is 4. The number of halogens is 1. The molecule has 2 amide bonds. The predicted molar refractivity (Wildman–Crippen MR) is 104 cm³/mol. The highest BCUT2D eigenvalue weighted by Gasteiger charge is 2.26. The minimum atomic E-state index is -0.286. The van der Waals surface area contributed by atoms with Gasteiger partial charge in [0.25, 0.3) is 5.91 Å². The molecule has 27 heavy (non-hydrogen) atoms. The van der Waals surface area contributed by atoms with Crippen molar-refractivity contribution in [3.63, 3.8) is 0 Å². The quantitative estimate of drug-likeness (QED) is 0.823. The molecule has 3 rings (SSSR count). The van der Waals surface area contributed by atoms with Gasteiger partial charge < -0.3 is 19.7 Å². The molecule has 0 bridgehead atoms. The third-order valence-electron chi connectivity index (χ3n) is 4.50. The van der Waals surface area contributed by atoms with Crippen LogP contribution in [0.15, 0.2) is 36.4 Å². The Morgan fingerprint density at radius 1 is 1.19 bits per heavy atom. The molecule has 0 unspecified atom stereocenters. The van der Waals surface area contributed by atoms with Crippen LogP contribution in [0.25, 0.3) is 0 Å². The Morgan fingerprint density at radius 2 is 2.00 bits per heavy atom. The van der Waals surface area contributed by atoms with E-state index in [-0.39, 0.29) is 18.4 Å². The number of amides is 2. The van der Waals surface area contributed by atoms with Crippen LogP contribution in [0.5, 0.6) is 11.5 Å². The largest absolute Gasteiger partial charge is 0.497 e. The molecule has 6 nitrogen and oxygen atoms in total. The zero-order chi connectivity index (χ0) is 19.4. The van der Waals surface area contributed by atoms with E-state index in [4.69, 9.17) is 21.1 Å². The Balaban J connectivity index is 1.82. The summed E-state index contributed by atoms with van der Waals surface area (Å²) in [7, 11) is 3.15. The van der Waals surface area contributed by atoms with Crippen LogP contribution in [0, 0.1) is 0 Å². The molecule has 0 aromatic heterocycles. The van der Waals surface area contributed by atoms with E-state index in [1.807, 2.05) is 6.07 Å². The normalized spacial score (nSPS) is 13.6. The number of hydrogen-bond donors (Lipinski definition) is 1. The molecule has 2 aromatic rings. The van der Waals surface area contributed by atoms with Crippen LogP contribution in [-0.2, 0) is 11.3 Å². The molecular formula is C20H21ClN2O4. The van der Waals surface area contributed by atoms with Gasteiger partial charge in [-0.2, -0.15) is 0 Å². The van der Waals surface area contributed by atoms with Crippen molar-refractivity contribution in [1.29, 1.82) is 0 Å². The number of carbonyl (C=O) groups excluding carboxylic acids is 2. The van der Waals surface area contributed by atoms with E-state index in [1.54, 1.807) is 49.5 Å². The van der Waals surface area contributed by atoms with Gasteiger partial charge >= 0.3 is 0 Å². The number of rotatable bonds is 6. The molecule has 2 aromatic carbocycles. The number of anilines is 1. The number of benzene rings is 2. The van der Waals surface area contributed by atoms with Gasteiger partial charge in [0.1, 0.15) is 11.5 Å². The zero-order valence-corrected chi connectivity index (χ0v) is 16.0. The Hall–Kier alpha value is -2.73. The van der Waals surface area contributed by atoms with Gasteiger partial charge in [-0.25, -0.2) is 0 Å². The fraction of sp³-hybridized carbons (Fsp3) is 0.300. The lowest BCUT2D eigenvalue weighted by molar-refractivity contribution is -0.117. The molecule has 1 aliphatic heterocycles. The van der Waals surface area contributed by atoms with Crippen molar-refractivity contribution in [3.8, 4) is 11.5 Å². The maximum atomic E-state index is 12.8. The minimum Gasteiger partial charge on any atom is -0.497 e. The van der Waals surface area contributed by atoms with E-state index in [2.05, 4.69) is 5.32 Å². The molecule has 1 aliphatic rings. The highest BCUT2D eigenvalue weighted by Crippen LogP contribution is 2.29. The molecular weight excluding hydrogens is 368 g/mol. The van der Waals surface area contributed by atoms with Crippen LogP contribution in [0.4, 0.5) is 5.69 Å². The van der Waals surface area contributed by atoms with Gasteiger partial charge in [0.15, 0.2) is 0 Å². The van der Waals surface area contributed by atoms with Gasteiger partial charge in [0.05, 0.1) is 25.5 Å². The Labute approximate surface area is 163 Å². The highest BCUT2D eigenvalue weighted by molar-refractivity contribution is 6.31. The molecule has 142 valence electrons. The summed E-state index contributed by atoms with van der Waals surface area (Å²) in [5.41, 5.74) is 1.74. The molecule has 7 heteroatoms. The average Bonchev–Trinajstić information content (AvgIpc) is 3.11. The van der Waals surface area contributed by atoms with E-state index in [0.29, 0.717) is 40.7 Å². The van der Waals surface area contributed by atoms with E-state index < -0.39 is 0 Å². The summed E-state index contributed by atoms with van der Waals surface area (Å²) in [5.74, 6) is 1.05. The lowest BCUT2D eigenvalue weighted by Gasteiger charge is -2.20. The number of nitrogens with zero attached hydrogens (tertiary/aromatic N) is 1. The first-order valence-corrected chi connectivity index (χ1v) is 9.00. The number of methoxy groups -OCH3 is 2. The zero-order valence-electron chi connectivity index (χ0n) is 15.3. The second-order valence-corrected chi connectivity index (χ2v) is 6.61. The predicted octanol–water partition coefficient (Wildman–Crippen LogP) is 3.41. The third kappa shape index (κ3) is 4.17. The van der Waals surface area contributed by atoms with Crippen molar-refractivity contribution in [3.05, 3.63) is 52.5 Å². The number of nitrogens with one attached hydrogen (secondary N) is 1. The van der Waals surface area contributed by atoms with E-state index in [0.717, 1.165) is 12.0 Å². The van der Waals surface area contributed by atoms with Gasteiger partial charge in [-0.15, -0.1) is 0 Å². The van der Waals surface area contributed by atoms with Crippen molar-refractivity contribution in [2.45, 2.75) is 19.4 Å². The molecule has 1 fully saturated rings. The van der Waals surface area contributed by atoms with Crippen LogP contribution < -0.4 is 19.7 Å². The van der Waals surface area contributed by atoms with Crippen LogP contribution in [0.2, 0.25) is 5.02 Å². The highest BCUT2D eigenvalue weighted by atomic mass is 35.5. The first-order valence-electron chi connectivity index (χ1n) is 8.62. The van der Waals surface area contributed by atoms with Crippen LogP contribution in [-0.4, -0.2) is 32.6 Å². The smallest absolute Gasteiger partial charge is 0.253 e. The van der Waals surface area contributed by atoms with Gasteiger partial charge in [0.2, 0.25) is 5.91 Å². The van der Waals surface area contributed by atoms with Gasteiger partial charge in [0, 0.05) is 30.1 Å². The van der Waals surface area contributed by atoms with Gasteiger partial charge in [-0.3, -0.25) is 9.59 Å². The number of carbonyl (C=O) groups is 2. The monoisotopic (exact) mass is 388 g/mol. The van der Waals surface area contributed by atoms with Gasteiger partial charge in [-0.1, -0.05) is 11.6 Å². The van der Waals surface area contributed by atoms with E-state index in [9.17, 15) is 9.59 Å². The fourth-order valence-electron chi connectivity index (χ4n) is 3.11. The summed E-state index contributed by atoms with van der Waals surface area (Å²) >= 11 is 6.09. The summed E-state index contributed by atoms with van der Waals surface area (Å²) in [5, 5.41) is 3.37. The van der Waals surface area contributed by atoms with Gasteiger partial charge in [-0.05, 0) is 42.8 Å². The minimum absolute atomic E-state index is 0.000724. The molecule has 0 radical (unpaired) electrons. The molecule has 1 saturated heterocycles. The molecule has 0 aliphatic carbocycles. The van der Waals surface area contributed by atoms with Crippen molar-refractivity contribution in [1.82, 2.24) is 5.32 Å². The van der Waals surface area contributed by atoms with Crippen molar-refractivity contribution >= 4 is 29.1 Å². The van der Waals surface area contributed by atoms with E-state index in [1.165, 1.54) is 0 Å². The van der Waals surface area contributed by atoms with Crippen LogP contribution >= 0.6 is 11.6 Å².